The molecule has 0 saturated carbocycles. The van der Waals surface area contributed by atoms with Gasteiger partial charge in [0.1, 0.15) is 5.82 Å². The Morgan fingerprint density at radius 1 is 0.964 bits per heavy atom. The summed E-state index contributed by atoms with van der Waals surface area (Å²) in [5.41, 5.74) is 5.24. The monoisotopic (exact) mass is 395 g/mol. The summed E-state index contributed by atoms with van der Waals surface area (Å²) in [5.74, 6) is 0.964. The lowest BCUT2D eigenvalue weighted by Crippen LogP contribution is -2.06. The maximum Gasteiger partial charge on any atom is 0.229 e. The Bertz CT molecular complexity index is 1010. The number of benzene rings is 2. The molecule has 0 aliphatic rings. The van der Waals surface area contributed by atoms with E-state index < -0.39 is 0 Å². The lowest BCUT2D eigenvalue weighted by Gasteiger charge is -2.14. The van der Waals surface area contributed by atoms with Crippen LogP contribution in [0.1, 0.15) is 23.7 Å². The summed E-state index contributed by atoms with van der Waals surface area (Å²) in [5, 5.41) is 9.87. The van der Waals surface area contributed by atoms with E-state index in [0.29, 0.717) is 22.5 Å². The molecule has 0 saturated heterocycles. The first-order valence-electron chi connectivity index (χ1n) is 8.84. The summed E-state index contributed by atoms with van der Waals surface area (Å²) < 4.78 is 0. The summed E-state index contributed by atoms with van der Waals surface area (Å²) in [4.78, 5) is 20.2. The fraction of sp³-hybridized carbons (Fsp3) is 0.190. The lowest BCUT2D eigenvalue weighted by molar-refractivity contribution is -0.114. The lowest BCUT2D eigenvalue weighted by atomic mass is 10.1. The molecule has 3 aromatic rings. The van der Waals surface area contributed by atoms with Gasteiger partial charge in [-0.15, -0.1) is 0 Å². The van der Waals surface area contributed by atoms with Crippen LogP contribution in [0.15, 0.2) is 42.5 Å². The van der Waals surface area contributed by atoms with E-state index in [-0.39, 0.29) is 5.91 Å². The third-order valence-electron chi connectivity index (χ3n) is 3.98. The Balaban J connectivity index is 1.85. The molecule has 0 radical (unpaired) electrons. The number of aryl methyl sites for hydroxylation is 3. The molecule has 144 valence electrons. The molecule has 0 bridgehead atoms. The molecule has 6 nitrogen and oxygen atoms in total. The van der Waals surface area contributed by atoms with E-state index in [9.17, 15) is 4.79 Å². The molecule has 2 aromatic carbocycles. The van der Waals surface area contributed by atoms with Gasteiger partial charge >= 0.3 is 0 Å². The second kappa shape index (κ2) is 8.27. The molecule has 1 aromatic heterocycles. The van der Waals surface area contributed by atoms with E-state index in [0.717, 1.165) is 28.2 Å². The number of hydrogen-bond donors (Lipinski definition) is 3. The van der Waals surface area contributed by atoms with Crippen molar-refractivity contribution in [3.05, 3.63) is 64.3 Å². The molecule has 1 heterocycles. The van der Waals surface area contributed by atoms with Crippen molar-refractivity contribution in [1.82, 2.24) is 9.97 Å². The first kappa shape index (κ1) is 19.6. The average Bonchev–Trinajstić information content (AvgIpc) is 2.57. The summed E-state index contributed by atoms with van der Waals surface area (Å²) in [6, 6.07) is 13.2. The molecule has 28 heavy (non-hydrogen) atoms. The van der Waals surface area contributed by atoms with Gasteiger partial charge in [-0.2, -0.15) is 4.98 Å². The SMILES string of the molecule is CC(=O)Nc1cccc(Nc2nc(C)cc(Nc3c(C)cc(C)cc3Cl)n2)c1. The molecular formula is C21H22ClN5O. The van der Waals surface area contributed by atoms with Gasteiger partial charge in [-0.05, 0) is 56.2 Å². The number of hydrogen-bond acceptors (Lipinski definition) is 5. The van der Waals surface area contributed by atoms with Crippen LogP contribution in [0.2, 0.25) is 5.02 Å². The third-order valence-corrected chi connectivity index (χ3v) is 4.28. The van der Waals surface area contributed by atoms with E-state index in [1.807, 2.05) is 57.2 Å². The van der Waals surface area contributed by atoms with Crippen molar-refractivity contribution in [3.63, 3.8) is 0 Å². The molecule has 0 unspecified atom stereocenters. The van der Waals surface area contributed by atoms with Gasteiger partial charge in [-0.25, -0.2) is 4.98 Å². The van der Waals surface area contributed by atoms with Crippen molar-refractivity contribution in [2.75, 3.05) is 16.0 Å². The van der Waals surface area contributed by atoms with E-state index in [1.165, 1.54) is 6.92 Å². The molecule has 0 fully saturated rings. The largest absolute Gasteiger partial charge is 0.339 e. The van der Waals surface area contributed by atoms with Gasteiger partial charge in [-0.1, -0.05) is 23.7 Å². The molecular weight excluding hydrogens is 374 g/mol. The second-order valence-corrected chi connectivity index (χ2v) is 7.08. The van der Waals surface area contributed by atoms with Crippen LogP contribution in [-0.2, 0) is 4.79 Å². The van der Waals surface area contributed by atoms with Crippen molar-refractivity contribution < 1.29 is 4.79 Å². The quantitative estimate of drug-likeness (QED) is 0.531. The van der Waals surface area contributed by atoms with Crippen molar-refractivity contribution in [1.29, 1.82) is 0 Å². The summed E-state index contributed by atoms with van der Waals surface area (Å²) >= 11 is 6.40. The number of nitrogens with zero attached hydrogens (tertiary/aromatic N) is 2. The number of anilines is 5. The summed E-state index contributed by atoms with van der Waals surface area (Å²) in [7, 11) is 0. The molecule has 0 aliphatic heterocycles. The number of halogens is 1. The molecule has 0 atom stereocenters. The third kappa shape index (κ3) is 4.98. The van der Waals surface area contributed by atoms with Crippen molar-refractivity contribution in [2.24, 2.45) is 0 Å². The molecule has 1 amide bonds. The minimum Gasteiger partial charge on any atom is -0.339 e. The predicted molar refractivity (Wildman–Crippen MR) is 115 cm³/mol. The van der Waals surface area contributed by atoms with Gasteiger partial charge in [0.15, 0.2) is 0 Å². The second-order valence-electron chi connectivity index (χ2n) is 6.67. The van der Waals surface area contributed by atoms with Crippen LogP contribution in [-0.4, -0.2) is 15.9 Å². The van der Waals surface area contributed by atoms with E-state index in [1.54, 1.807) is 0 Å². The number of rotatable bonds is 5. The maximum atomic E-state index is 11.2. The van der Waals surface area contributed by atoms with E-state index >= 15 is 0 Å². The van der Waals surface area contributed by atoms with Crippen LogP contribution in [0.25, 0.3) is 0 Å². The molecule has 7 heteroatoms. The predicted octanol–water partition coefficient (Wildman–Crippen LogP) is 5.50. The van der Waals surface area contributed by atoms with Crippen LogP contribution < -0.4 is 16.0 Å². The maximum absolute atomic E-state index is 11.2. The van der Waals surface area contributed by atoms with Gasteiger partial charge in [0.05, 0.1) is 10.7 Å². The standard InChI is InChI=1S/C21H22ClN5O/c1-12-8-13(2)20(18(22)9-12)26-19-10-14(3)23-21(27-19)25-17-7-5-6-16(11-17)24-15(4)28/h5-11H,1-4H3,(H,24,28)(H2,23,25,26,27). The smallest absolute Gasteiger partial charge is 0.229 e. The highest BCUT2D eigenvalue weighted by Crippen LogP contribution is 2.30. The summed E-state index contributed by atoms with van der Waals surface area (Å²) in [6.07, 6.45) is 0. The fourth-order valence-corrected chi connectivity index (χ4v) is 3.27. The number of carbonyl (C=O) groups excluding carboxylic acids is 1. The summed E-state index contributed by atoms with van der Waals surface area (Å²) in [6.45, 7) is 7.38. The number of carbonyl (C=O) groups is 1. The zero-order valence-corrected chi connectivity index (χ0v) is 17.0. The Hall–Kier alpha value is -3.12. The van der Waals surface area contributed by atoms with Crippen LogP contribution >= 0.6 is 11.6 Å². The van der Waals surface area contributed by atoms with Gasteiger partial charge in [0.25, 0.3) is 0 Å². The normalized spacial score (nSPS) is 10.5. The molecule has 3 rings (SSSR count). The van der Waals surface area contributed by atoms with Gasteiger partial charge in [0.2, 0.25) is 11.9 Å². The number of amides is 1. The Morgan fingerprint density at radius 3 is 2.43 bits per heavy atom. The van der Waals surface area contributed by atoms with Gasteiger partial charge in [-0.3, -0.25) is 4.79 Å². The highest BCUT2D eigenvalue weighted by atomic mass is 35.5. The van der Waals surface area contributed by atoms with Crippen LogP contribution in [0.4, 0.5) is 28.8 Å². The Labute approximate surface area is 169 Å². The number of nitrogens with one attached hydrogen (secondary N) is 3. The first-order valence-corrected chi connectivity index (χ1v) is 9.22. The van der Waals surface area contributed by atoms with E-state index in [4.69, 9.17) is 11.6 Å². The topological polar surface area (TPSA) is 78.9 Å². The minimum atomic E-state index is -0.124. The van der Waals surface area contributed by atoms with Gasteiger partial charge < -0.3 is 16.0 Å². The Morgan fingerprint density at radius 2 is 1.71 bits per heavy atom. The molecule has 0 aliphatic carbocycles. The van der Waals surface area contributed by atoms with Crippen LogP contribution in [0.5, 0.6) is 0 Å². The fourth-order valence-electron chi connectivity index (χ4n) is 2.90. The first-order chi connectivity index (χ1) is 13.3. The average molecular weight is 396 g/mol. The van der Waals surface area contributed by atoms with Crippen molar-refractivity contribution in [2.45, 2.75) is 27.7 Å². The minimum absolute atomic E-state index is 0.124. The van der Waals surface area contributed by atoms with Gasteiger partial charge in [0, 0.05) is 30.1 Å². The number of aromatic nitrogens is 2. The van der Waals surface area contributed by atoms with Crippen LogP contribution in [0, 0.1) is 20.8 Å². The molecule has 0 spiro atoms. The highest BCUT2D eigenvalue weighted by Gasteiger charge is 2.09. The van der Waals surface area contributed by atoms with Crippen molar-refractivity contribution >= 4 is 46.3 Å². The molecule has 3 N–H and O–H groups in total. The zero-order valence-electron chi connectivity index (χ0n) is 16.2. The van der Waals surface area contributed by atoms with E-state index in [2.05, 4.69) is 32.0 Å². The van der Waals surface area contributed by atoms with Crippen molar-refractivity contribution in [3.8, 4) is 0 Å². The van der Waals surface area contributed by atoms with Crippen LogP contribution in [0.3, 0.4) is 0 Å². The highest BCUT2D eigenvalue weighted by molar-refractivity contribution is 6.33. The Kier molecular flexibility index (Phi) is 5.80. The zero-order chi connectivity index (χ0) is 20.3.